The van der Waals surface area contributed by atoms with Gasteiger partial charge in [-0.1, -0.05) is 12.1 Å². The molecule has 0 saturated carbocycles. The lowest BCUT2D eigenvalue weighted by atomic mass is 10.1. The van der Waals surface area contributed by atoms with Crippen LogP contribution < -0.4 is 0 Å². The van der Waals surface area contributed by atoms with Gasteiger partial charge in [-0.15, -0.1) is 0 Å². The lowest BCUT2D eigenvalue weighted by Crippen LogP contribution is -2.43. The lowest BCUT2D eigenvalue weighted by Gasteiger charge is -2.28. The summed E-state index contributed by atoms with van der Waals surface area (Å²) in [6, 6.07) is 6.11. The maximum atomic E-state index is 13.4. The second-order valence-corrected chi connectivity index (χ2v) is 6.51. The molecule has 1 amide bonds. The summed E-state index contributed by atoms with van der Waals surface area (Å²) >= 11 is 0. The van der Waals surface area contributed by atoms with Crippen LogP contribution in [-0.4, -0.2) is 53.3 Å². The molecule has 2 heterocycles. The minimum absolute atomic E-state index is 0.0471. The molecule has 1 aromatic carbocycles. The SMILES string of the molecule is O=C(O)[C@H]1CC[C@@H](C(=O)N(Cc2cccc(F)c2)CC2CCCO2)O1. The Hall–Kier alpha value is -1.99. The summed E-state index contributed by atoms with van der Waals surface area (Å²) in [6.45, 7) is 1.31. The van der Waals surface area contributed by atoms with Gasteiger partial charge in [0.1, 0.15) is 11.9 Å². The molecule has 2 aliphatic heterocycles. The second-order valence-electron chi connectivity index (χ2n) is 6.51. The zero-order valence-corrected chi connectivity index (χ0v) is 13.9. The van der Waals surface area contributed by atoms with Gasteiger partial charge in [0.15, 0.2) is 6.10 Å². The van der Waals surface area contributed by atoms with Crippen LogP contribution in [0.3, 0.4) is 0 Å². The molecular formula is C18H22FNO5. The number of halogens is 1. The third-order valence-corrected chi connectivity index (χ3v) is 4.59. The largest absolute Gasteiger partial charge is 0.479 e. The molecule has 1 aromatic rings. The Balaban J connectivity index is 1.70. The van der Waals surface area contributed by atoms with E-state index in [4.69, 9.17) is 14.6 Å². The van der Waals surface area contributed by atoms with E-state index in [1.165, 1.54) is 12.1 Å². The fourth-order valence-corrected chi connectivity index (χ4v) is 3.33. The average molecular weight is 351 g/mol. The van der Waals surface area contributed by atoms with Crippen molar-refractivity contribution in [3.8, 4) is 0 Å². The van der Waals surface area contributed by atoms with Crippen molar-refractivity contribution >= 4 is 11.9 Å². The van der Waals surface area contributed by atoms with E-state index in [1.54, 1.807) is 17.0 Å². The Morgan fingerprint density at radius 1 is 1.24 bits per heavy atom. The normalized spacial score (nSPS) is 25.9. The first-order valence-electron chi connectivity index (χ1n) is 8.56. The first kappa shape index (κ1) is 17.8. The van der Waals surface area contributed by atoms with Crippen LogP contribution in [0.5, 0.6) is 0 Å². The molecule has 7 heteroatoms. The number of rotatable bonds is 6. The quantitative estimate of drug-likeness (QED) is 0.848. The summed E-state index contributed by atoms with van der Waals surface area (Å²) in [5, 5.41) is 9.04. The van der Waals surface area contributed by atoms with Crippen LogP contribution in [0.25, 0.3) is 0 Å². The fourth-order valence-electron chi connectivity index (χ4n) is 3.33. The number of benzene rings is 1. The molecule has 3 rings (SSSR count). The van der Waals surface area contributed by atoms with E-state index in [-0.39, 0.29) is 24.4 Å². The van der Waals surface area contributed by atoms with Crippen LogP contribution in [0, 0.1) is 5.82 Å². The first-order chi connectivity index (χ1) is 12.0. The van der Waals surface area contributed by atoms with Gasteiger partial charge in [0.2, 0.25) is 0 Å². The molecule has 0 bridgehead atoms. The summed E-state index contributed by atoms with van der Waals surface area (Å²) in [6.07, 6.45) is 0.766. The van der Waals surface area contributed by atoms with E-state index in [0.717, 1.165) is 12.8 Å². The highest BCUT2D eigenvalue weighted by Crippen LogP contribution is 2.24. The van der Waals surface area contributed by atoms with Crippen LogP contribution in [0.1, 0.15) is 31.2 Å². The van der Waals surface area contributed by atoms with E-state index in [1.807, 2.05) is 0 Å². The minimum atomic E-state index is -1.05. The van der Waals surface area contributed by atoms with Crippen molar-refractivity contribution in [2.75, 3.05) is 13.2 Å². The summed E-state index contributed by atoms with van der Waals surface area (Å²) in [5.41, 5.74) is 0.680. The molecule has 2 fully saturated rings. The molecule has 0 spiro atoms. The predicted molar refractivity (Wildman–Crippen MR) is 86.3 cm³/mol. The molecule has 25 heavy (non-hydrogen) atoms. The van der Waals surface area contributed by atoms with Crippen molar-refractivity contribution < 1.29 is 28.6 Å². The standard InChI is InChI=1S/C18H22FNO5/c19-13-4-1-3-12(9-13)10-20(11-14-5-2-8-24-14)17(21)15-6-7-16(25-15)18(22)23/h1,3-4,9,14-16H,2,5-8,10-11H2,(H,22,23)/t14?,15-,16+/m0/s1. The first-order valence-corrected chi connectivity index (χ1v) is 8.56. The Labute approximate surface area is 145 Å². The summed E-state index contributed by atoms with van der Waals surface area (Å²) < 4.78 is 24.4. The van der Waals surface area contributed by atoms with Gasteiger partial charge < -0.3 is 19.5 Å². The van der Waals surface area contributed by atoms with Crippen LogP contribution in [0.2, 0.25) is 0 Å². The molecule has 2 aliphatic rings. The van der Waals surface area contributed by atoms with Gasteiger partial charge in [0.05, 0.1) is 6.10 Å². The Morgan fingerprint density at radius 3 is 2.68 bits per heavy atom. The molecule has 136 valence electrons. The highest BCUT2D eigenvalue weighted by atomic mass is 19.1. The zero-order chi connectivity index (χ0) is 17.8. The van der Waals surface area contributed by atoms with Gasteiger partial charge in [-0.25, -0.2) is 9.18 Å². The number of carboxylic acid groups (broad SMARTS) is 1. The van der Waals surface area contributed by atoms with E-state index >= 15 is 0 Å². The van der Waals surface area contributed by atoms with Gasteiger partial charge in [0.25, 0.3) is 5.91 Å². The van der Waals surface area contributed by atoms with E-state index in [9.17, 15) is 14.0 Å². The average Bonchev–Trinajstić information content (AvgIpc) is 3.25. The molecule has 0 aromatic heterocycles. The van der Waals surface area contributed by atoms with Crippen molar-refractivity contribution in [1.29, 1.82) is 0 Å². The van der Waals surface area contributed by atoms with Crippen LogP contribution in [0.4, 0.5) is 4.39 Å². The van der Waals surface area contributed by atoms with Crippen molar-refractivity contribution in [3.63, 3.8) is 0 Å². The van der Waals surface area contributed by atoms with Crippen molar-refractivity contribution in [2.45, 2.75) is 50.5 Å². The molecule has 1 N–H and O–H groups in total. The number of carboxylic acids is 1. The maximum Gasteiger partial charge on any atom is 0.332 e. The van der Waals surface area contributed by atoms with Gasteiger partial charge in [-0.05, 0) is 43.4 Å². The van der Waals surface area contributed by atoms with Crippen molar-refractivity contribution in [1.82, 2.24) is 4.90 Å². The molecular weight excluding hydrogens is 329 g/mol. The molecule has 2 saturated heterocycles. The smallest absolute Gasteiger partial charge is 0.332 e. The minimum Gasteiger partial charge on any atom is -0.479 e. The van der Waals surface area contributed by atoms with Gasteiger partial charge in [-0.2, -0.15) is 0 Å². The third kappa shape index (κ3) is 4.55. The number of carbonyl (C=O) groups excluding carboxylic acids is 1. The van der Waals surface area contributed by atoms with Crippen molar-refractivity contribution in [2.24, 2.45) is 0 Å². The highest BCUT2D eigenvalue weighted by Gasteiger charge is 2.37. The van der Waals surface area contributed by atoms with Gasteiger partial charge in [-0.3, -0.25) is 4.79 Å². The molecule has 0 aliphatic carbocycles. The number of hydrogen-bond donors (Lipinski definition) is 1. The molecule has 0 radical (unpaired) electrons. The number of carbonyl (C=O) groups is 2. The number of nitrogens with zero attached hydrogens (tertiary/aromatic N) is 1. The third-order valence-electron chi connectivity index (χ3n) is 4.59. The maximum absolute atomic E-state index is 13.4. The predicted octanol–water partition coefficient (Wildman–Crippen LogP) is 1.97. The van der Waals surface area contributed by atoms with E-state index < -0.39 is 18.2 Å². The Morgan fingerprint density at radius 2 is 2.04 bits per heavy atom. The number of aliphatic carboxylic acids is 1. The zero-order valence-electron chi connectivity index (χ0n) is 13.9. The lowest BCUT2D eigenvalue weighted by molar-refractivity contribution is -0.155. The molecule has 3 atom stereocenters. The van der Waals surface area contributed by atoms with Crippen LogP contribution >= 0.6 is 0 Å². The van der Waals surface area contributed by atoms with E-state index in [2.05, 4.69) is 0 Å². The fraction of sp³-hybridized carbons (Fsp3) is 0.556. The number of amides is 1. The van der Waals surface area contributed by atoms with Gasteiger partial charge in [0, 0.05) is 19.7 Å². The second kappa shape index (κ2) is 7.93. The molecule has 1 unspecified atom stereocenters. The number of ether oxygens (including phenoxy) is 2. The summed E-state index contributed by atoms with van der Waals surface area (Å²) in [5.74, 6) is -1.67. The number of hydrogen-bond acceptors (Lipinski definition) is 4. The van der Waals surface area contributed by atoms with Crippen molar-refractivity contribution in [3.05, 3.63) is 35.6 Å². The Kier molecular flexibility index (Phi) is 5.65. The molecule has 6 nitrogen and oxygen atoms in total. The Bertz CT molecular complexity index is 632. The topological polar surface area (TPSA) is 76.1 Å². The summed E-state index contributed by atoms with van der Waals surface area (Å²) in [7, 11) is 0. The van der Waals surface area contributed by atoms with E-state index in [0.29, 0.717) is 31.6 Å². The van der Waals surface area contributed by atoms with Crippen LogP contribution in [-0.2, 0) is 25.6 Å². The highest BCUT2D eigenvalue weighted by molar-refractivity contribution is 5.82. The van der Waals surface area contributed by atoms with Gasteiger partial charge >= 0.3 is 5.97 Å². The monoisotopic (exact) mass is 351 g/mol. The summed E-state index contributed by atoms with van der Waals surface area (Å²) in [4.78, 5) is 25.5. The van der Waals surface area contributed by atoms with Crippen LogP contribution in [0.15, 0.2) is 24.3 Å².